The van der Waals surface area contributed by atoms with Crippen LogP contribution in [0, 0.1) is 0 Å². The Labute approximate surface area is 123 Å². The molecule has 0 aliphatic carbocycles. The number of fused-ring (bicyclic) bond motifs is 1. The molecule has 0 radical (unpaired) electrons. The lowest BCUT2D eigenvalue weighted by molar-refractivity contribution is -0.121. The minimum absolute atomic E-state index is 0.0334. The SMILES string of the molecule is CCCC(=O)N[C@H](CCSC)c1nc2ccccc2[nH]1. The summed E-state index contributed by atoms with van der Waals surface area (Å²) in [6.45, 7) is 2.01. The molecule has 0 saturated heterocycles. The number of hydrogen-bond acceptors (Lipinski definition) is 3. The monoisotopic (exact) mass is 291 g/mol. The largest absolute Gasteiger partial charge is 0.346 e. The molecule has 0 spiro atoms. The van der Waals surface area contributed by atoms with Gasteiger partial charge >= 0.3 is 0 Å². The van der Waals surface area contributed by atoms with Crippen LogP contribution in [0.4, 0.5) is 0 Å². The summed E-state index contributed by atoms with van der Waals surface area (Å²) in [5, 5.41) is 3.08. The molecule has 0 aliphatic heterocycles. The van der Waals surface area contributed by atoms with Gasteiger partial charge in [-0.15, -0.1) is 0 Å². The zero-order chi connectivity index (χ0) is 14.4. The Morgan fingerprint density at radius 1 is 1.45 bits per heavy atom. The first-order valence-electron chi connectivity index (χ1n) is 6.97. The lowest BCUT2D eigenvalue weighted by Gasteiger charge is -2.16. The van der Waals surface area contributed by atoms with Crippen molar-refractivity contribution in [2.24, 2.45) is 0 Å². The number of hydrogen-bond donors (Lipinski definition) is 2. The molecular weight excluding hydrogens is 270 g/mol. The van der Waals surface area contributed by atoms with Gasteiger partial charge in [-0.3, -0.25) is 4.79 Å². The molecule has 108 valence electrons. The summed E-state index contributed by atoms with van der Waals surface area (Å²) in [6, 6.07) is 7.91. The van der Waals surface area contributed by atoms with Crippen molar-refractivity contribution in [1.29, 1.82) is 0 Å². The standard InChI is InChI=1S/C15H21N3OS/c1-3-6-14(19)16-13(9-10-20-2)15-17-11-7-4-5-8-12(11)18-15/h4-5,7-8,13H,3,6,9-10H2,1-2H3,(H,16,19)(H,17,18)/t13-/m1/s1. The fourth-order valence-electron chi connectivity index (χ4n) is 2.14. The molecule has 1 heterocycles. The zero-order valence-corrected chi connectivity index (χ0v) is 12.8. The first kappa shape index (κ1) is 14.9. The van der Waals surface area contributed by atoms with Crippen LogP contribution in [0.25, 0.3) is 11.0 Å². The van der Waals surface area contributed by atoms with Gasteiger partial charge in [0.1, 0.15) is 5.82 Å². The number of imidazole rings is 1. The number of amides is 1. The van der Waals surface area contributed by atoms with Gasteiger partial charge in [-0.2, -0.15) is 11.8 Å². The van der Waals surface area contributed by atoms with Gasteiger partial charge in [0.05, 0.1) is 17.1 Å². The average Bonchev–Trinajstić information content (AvgIpc) is 2.87. The summed E-state index contributed by atoms with van der Waals surface area (Å²) in [5.41, 5.74) is 1.96. The number of benzene rings is 1. The highest BCUT2D eigenvalue weighted by atomic mass is 32.2. The van der Waals surface area contributed by atoms with Crippen LogP contribution in [0.3, 0.4) is 0 Å². The second-order valence-electron chi connectivity index (χ2n) is 4.79. The highest BCUT2D eigenvalue weighted by Crippen LogP contribution is 2.20. The summed E-state index contributed by atoms with van der Waals surface area (Å²) in [5.74, 6) is 1.94. The van der Waals surface area contributed by atoms with Crippen molar-refractivity contribution in [3.63, 3.8) is 0 Å². The second-order valence-corrected chi connectivity index (χ2v) is 5.78. The van der Waals surface area contributed by atoms with Crippen molar-refractivity contribution < 1.29 is 4.79 Å². The van der Waals surface area contributed by atoms with Gasteiger partial charge in [0.2, 0.25) is 5.91 Å². The van der Waals surface area contributed by atoms with Gasteiger partial charge in [0.25, 0.3) is 0 Å². The van der Waals surface area contributed by atoms with Crippen LogP contribution in [0.5, 0.6) is 0 Å². The van der Waals surface area contributed by atoms with Crippen LogP contribution in [0.2, 0.25) is 0 Å². The summed E-state index contributed by atoms with van der Waals surface area (Å²) in [6.07, 6.45) is 4.39. The van der Waals surface area contributed by atoms with Crippen molar-refractivity contribution >= 4 is 28.7 Å². The first-order chi connectivity index (χ1) is 9.74. The van der Waals surface area contributed by atoms with E-state index in [1.165, 1.54) is 0 Å². The van der Waals surface area contributed by atoms with Crippen molar-refractivity contribution in [2.75, 3.05) is 12.0 Å². The zero-order valence-electron chi connectivity index (χ0n) is 12.0. The highest BCUT2D eigenvalue weighted by molar-refractivity contribution is 7.98. The molecule has 0 fully saturated rings. The maximum absolute atomic E-state index is 11.8. The fraction of sp³-hybridized carbons (Fsp3) is 0.467. The van der Waals surface area contributed by atoms with Crippen molar-refractivity contribution in [3.05, 3.63) is 30.1 Å². The molecule has 0 aliphatic rings. The van der Waals surface area contributed by atoms with E-state index in [4.69, 9.17) is 0 Å². The number of carbonyl (C=O) groups is 1. The fourth-order valence-corrected chi connectivity index (χ4v) is 2.62. The Morgan fingerprint density at radius 2 is 2.25 bits per heavy atom. The molecule has 0 bridgehead atoms. The lowest BCUT2D eigenvalue weighted by atomic mass is 10.2. The number of aromatic amines is 1. The minimum Gasteiger partial charge on any atom is -0.346 e. The topological polar surface area (TPSA) is 57.8 Å². The summed E-state index contributed by atoms with van der Waals surface area (Å²) in [4.78, 5) is 19.8. The summed E-state index contributed by atoms with van der Waals surface area (Å²) in [7, 11) is 0. The predicted octanol–water partition coefficient (Wildman–Crippen LogP) is 3.27. The van der Waals surface area contributed by atoms with E-state index < -0.39 is 0 Å². The normalized spacial score (nSPS) is 12.5. The van der Waals surface area contributed by atoms with Crippen molar-refractivity contribution in [1.82, 2.24) is 15.3 Å². The number of thioether (sulfide) groups is 1. The van der Waals surface area contributed by atoms with Crippen molar-refractivity contribution in [3.8, 4) is 0 Å². The smallest absolute Gasteiger partial charge is 0.220 e. The Bertz CT molecular complexity index is 534. The van der Waals surface area contributed by atoms with E-state index in [1.807, 2.05) is 31.2 Å². The first-order valence-corrected chi connectivity index (χ1v) is 8.37. The second kappa shape index (κ2) is 7.33. The summed E-state index contributed by atoms with van der Waals surface area (Å²) < 4.78 is 0. The van der Waals surface area contributed by atoms with E-state index in [1.54, 1.807) is 11.8 Å². The average molecular weight is 291 g/mol. The van der Waals surface area contributed by atoms with E-state index in [-0.39, 0.29) is 11.9 Å². The van der Waals surface area contributed by atoms with Crippen LogP contribution in [0.1, 0.15) is 38.1 Å². The van der Waals surface area contributed by atoms with Crippen LogP contribution >= 0.6 is 11.8 Å². The van der Waals surface area contributed by atoms with E-state index in [9.17, 15) is 4.79 Å². The third-order valence-electron chi connectivity index (χ3n) is 3.16. The third kappa shape index (κ3) is 3.76. The Balaban J connectivity index is 2.18. The number of para-hydroxylation sites is 2. The lowest BCUT2D eigenvalue weighted by Crippen LogP contribution is -2.29. The van der Waals surface area contributed by atoms with E-state index >= 15 is 0 Å². The molecule has 4 nitrogen and oxygen atoms in total. The molecular formula is C15H21N3OS. The number of carbonyl (C=O) groups excluding carboxylic acids is 1. The van der Waals surface area contributed by atoms with Gasteiger partial charge in [-0.05, 0) is 37.0 Å². The molecule has 2 rings (SSSR count). The number of nitrogens with zero attached hydrogens (tertiary/aromatic N) is 1. The van der Waals surface area contributed by atoms with E-state index in [0.29, 0.717) is 6.42 Å². The minimum atomic E-state index is -0.0334. The maximum Gasteiger partial charge on any atom is 0.220 e. The molecule has 0 unspecified atom stereocenters. The Hall–Kier alpha value is -1.49. The maximum atomic E-state index is 11.8. The number of nitrogens with one attached hydrogen (secondary N) is 2. The van der Waals surface area contributed by atoms with Crippen LogP contribution in [-0.2, 0) is 4.79 Å². The number of H-pyrrole nitrogens is 1. The molecule has 1 atom stereocenters. The molecule has 2 aromatic rings. The van der Waals surface area contributed by atoms with Gasteiger partial charge in [0.15, 0.2) is 0 Å². The molecule has 20 heavy (non-hydrogen) atoms. The summed E-state index contributed by atoms with van der Waals surface area (Å²) >= 11 is 1.78. The van der Waals surface area contributed by atoms with Gasteiger partial charge in [-0.1, -0.05) is 19.1 Å². The molecule has 1 aromatic carbocycles. The predicted molar refractivity (Wildman–Crippen MR) is 84.9 cm³/mol. The van der Waals surface area contributed by atoms with Crippen LogP contribution < -0.4 is 5.32 Å². The molecule has 1 amide bonds. The highest BCUT2D eigenvalue weighted by Gasteiger charge is 2.17. The Kier molecular flexibility index (Phi) is 5.47. The van der Waals surface area contributed by atoms with Gasteiger partial charge in [0, 0.05) is 6.42 Å². The molecule has 5 heteroatoms. The number of aromatic nitrogens is 2. The molecule has 1 aromatic heterocycles. The molecule has 0 saturated carbocycles. The van der Waals surface area contributed by atoms with Gasteiger partial charge < -0.3 is 10.3 Å². The van der Waals surface area contributed by atoms with Crippen LogP contribution in [-0.4, -0.2) is 27.9 Å². The number of rotatable bonds is 7. The Morgan fingerprint density at radius 3 is 2.95 bits per heavy atom. The van der Waals surface area contributed by atoms with E-state index in [2.05, 4.69) is 21.5 Å². The van der Waals surface area contributed by atoms with E-state index in [0.717, 1.165) is 35.5 Å². The third-order valence-corrected chi connectivity index (χ3v) is 3.80. The quantitative estimate of drug-likeness (QED) is 0.823. The van der Waals surface area contributed by atoms with Gasteiger partial charge in [-0.25, -0.2) is 4.98 Å². The van der Waals surface area contributed by atoms with Crippen molar-refractivity contribution in [2.45, 2.75) is 32.2 Å². The van der Waals surface area contributed by atoms with Crippen LogP contribution in [0.15, 0.2) is 24.3 Å². The molecule has 2 N–H and O–H groups in total.